The lowest BCUT2D eigenvalue weighted by Crippen LogP contribution is -2.33. The van der Waals surface area contributed by atoms with Crippen LogP contribution in [-0.4, -0.2) is 18.0 Å². The first-order chi connectivity index (χ1) is 17.3. The second-order valence-corrected chi connectivity index (χ2v) is 9.84. The van der Waals surface area contributed by atoms with Crippen molar-refractivity contribution in [2.45, 2.75) is 39.0 Å². The predicted molar refractivity (Wildman–Crippen MR) is 148 cm³/mol. The van der Waals surface area contributed by atoms with Crippen molar-refractivity contribution in [2.24, 2.45) is 0 Å². The van der Waals surface area contributed by atoms with Gasteiger partial charge >= 0.3 is 0 Å². The monoisotopic (exact) mass is 501 g/mol. The van der Waals surface area contributed by atoms with Crippen molar-refractivity contribution in [1.82, 2.24) is 9.55 Å². The number of para-hydroxylation sites is 1. The van der Waals surface area contributed by atoms with E-state index in [1.807, 2.05) is 70.2 Å². The van der Waals surface area contributed by atoms with E-state index in [1.54, 1.807) is 28.8 Å². The summed E-state index contributed by atoms with van der Waals surface area (Å²) in [5.74, 6) is 0.204. The summed E-state index contributed by atoms with van der Waals surface area (Å²) >= 11 is 0. The van der Waals surface area contributed by atoms with E-state index in [1.165, 1.54) is 28.7 Å². The number of anilines is 1. The smallest absolute Gasteiger partial charge is 0.269 e. The molecule has 0 radical (unpaired) electrons. The minimum absolute atomic E-state index is 0.118. The van der Waals surface area contributed by atoms with E-state index in [0.717, 1.165) is 5.69 Å². The highest BCUT2D eigenvalue weighted by atomic mass is 32.2. The standard InChI is InChI=1S/C25H23N3O3S.C4H8/c1-4-19(3)28(32(30,31)21-13-9-6-10-14-21)25-16-24(29)22-17-26-18(2)15-23(22)27(25)20-11-7-5-8-12-20;1-3-4-2/h5-17H,3-4H2,1-2H3;3-4H,1-2H3/b;4-3-. The lowest BCUT2D eigenvalue weighted by atomic mass is 10.2. The zero-order chi connectivity index (χ0) is 26.3. The van der Waals surface area contributed by atoms with E-state index in [-0.39, 0.29) is 16.1 Å². The Balaban J connectivity index is 0.000000840. The van der Waals surface area contributed by atoms with E-state index in [4.69, 9.17) is 0 Å². The van der Waals surface area contributed by atoms with Crippen LogP contribution in [0.5, 0.6) is 0 Å². The van der Waals surface area contributed by atoms with Gasteiger partial charge in [0.2, 0.25) is 0 Å². The third kappa shape index (κ3) is 5.47. The Morgan fingerprint density at radius 1 is 1.00 bits per heavy atom. The Kier molecular flexibility index (Phi) is 8.61. The normalized spacial score (nSPS) is 11.2. The molecule has 0 unspecified atom stereocenters. The second-order valence-electron chi connectivity index (χ2n) is 8.05. The van der Waals surface area contributed by atoms with Gasteiger partial charge in [-0.2, -0.15) is 0 Å². The van der Waals surface area contributed by atoms with Crippen LogP contribution < -0.4 is 9.73 Å². The highest BCUT2D eigenvalue weighted by Gasteiger charge is 2.30. The molecule has 4 rings (SSSR count). The summed E-state index contributed by atoms with van der Waals surface area (Å²) in [4.78, 5) is 17.4. The Bertz CT molecular complexity index is 1540. The van der Waals surface area contributed by atoms with Crippen molar-refractivity contribution < 1.29 is 8.42 Å². The first-order valence-electron chi connectivity index (χ1n) is 11.7. The molecule has 0 aliphatic carbocycles. The van der Waals surface area contributed by atoms with Crippen LogP contribution in [0, 0.1) is 6.92 Å². The summed E-state index contributed by atoms with van der Waals surface area (Å²) in [7, 11) is -4.03. The molecule has 2 aromatic carbocycles. The minimum Gasteiger partial charge on any atom is -0.295 e. The fourth-order valence-electron chi connectivity index (χ4n) is 3.60. The van der Waals surface area contributed by atoms with E-state index >= 15 is 0 Å². The average molecular weight is 502 g/mol. The van der Waals surface area contributed by atoms with Crippen molar-refractivity contribution >= 4 is 26.7 Å². The molecule has 7 heteroatoms. The van der Waals surface area contributed by atoms with E-state index in [9.17, 15) is 13.2 Å². The Labute approximate surface area is 212 Å². The van der Waals surface area contributed by atoms with Crippen molar-refractivity contribution in [3.05, 3.63) is 119 Å². The molecule has 36 heavy (non-hydrogen) atoms. The highest BCUT2D eigenvalue weighted by molar-refractivity contribution is 7.93. The number of aromatic nitrogens is 2. The zero-order valence-corrected chi connectivity index (χ0v) is 21.9. The first kappa shape index (κ1) is 26.6. The molecule has 4 aromatic rings. The van der Waals surface area contributed by atoms with E-state index in [2.05, 4.69) is 11.6 Å². The van der Waals surface area contributed by atoms with Gasteiger partial charge in [-0.05, 0) is 57.5 Å². The molecule has 0 atom stereocenters. The van der Waals surface area contributed by atoms with E-state index < -0.39 is 10.0 Å². The number of fused-ring (bicyclic) bond motifs is 1. The minimum atomic E-state index is -4.03. The van der Waals surface area contributed by atoms with Gasteiger partial charge in [-0.25, -0.2) is 12.7 Å². The number of pyridine rings is 2. The lowest BCUT2D eigenvalue weighted by molar-refractivity contribution is 0.593. The molecule has 0 bridgehead atoms. The largest absolute Gasteiger partial charge is 0.295 e. The maximum atomic E-state index is 13.8. The predicted octanol–water partition coefficient (Wildman–Crippen LogP) is 6.40. The van der Waals surface area contributed by atoms with Gasteiger partial charge in [0.1, 0.15) is 5.82 Å². The molecular formula is C29H31N3O3S. The van der Waals surface area contributed by atoms with Gasteiger partial charge in [-0.1, -0.05) is 62.1 Å². The maximum Gasteiger partial charge on any atom is 0.269 e. The molecule has 0 aliphatic rings. The maximum absolute atomic E-state index is 13.8. The van der Waals surface area contributed by atoms with Crippen LogP contribution >= 0.6 is 0 Å². The molecular weight excluding hydrogens is 470 g/mol. The van der Waals surface area contributed by atoms with Crippen LogP contribution in [-0.2, 0) is 10.0 Å². The molecule has 0 fully saturated rings. The van der Waals surface area contributed by atoms with Crippen LogP contribution in [0.1, 0.15) is 32.9 Å². The average Bonchev–Trinajstić information content (AvgIpc) is 2.89. The molecule has 0 amide bonds. The highest BCUT2D eigenvalue weighted by Crippen LogP contribution is 2.32. The second kappa shape index (κ2) is 11.6. The fraction of sp³-hybridized carbons (Fsp3) is 0.172. The van der Waals surface area contributed by atoms with Gasteiger partial charge in [0, 0.05) is 29.3 Å². The zero-order valence-electron chi connectivity index (χ0n) is 21.0. The molecule has 0 aliphatic heterocycles. The van der Waals surface area contributed by atoms with Gasteiger partial charge < -0.3 is 0 Å². The van der Waals surface area contributed by atoms with Gasteiger partial charge in [-0.15, -0.1) is 0 Å². The summed E-state index contributed by atoms with van der Waals surface area (Å²) in [6.45, 7) is 11.7. The van der Waals surface area contributed by atoms with Gasteiger partial charge in [0.05, 0.1) is 15.8 Å². The number of aryl methyl sites for hydroxylation is 1. The lowest BCUT2D eigenvalue weighted by Gasteiger charge is -2.29. The number of rotatable bonds is 6. The third-order valence-corrected chi connectivity index (χ3v) is 7.34. The Morgan fingerprint density at radius 2 is 1.58 bits per heavy atom. The number of hydrogen-bond acceptors (Lipinski definition) is 4. The Hall–Kier alpha value is -3.97. The van der Waals surface area contributed by atoms with Crippen LogP contribution in [0.2, 0.25) is 0 Å². The quantitative estimate of drug-likeness (QED) is 0.287. The van der Waals surface area contributed by atoms with Crippen molar-refractivity contribution in [3.63, 3.8) is 0 Å². The van der Waals surface area contributed by atoms with Gasteiger partial charge in [-0.3, -0.25) is 14.3 Å². The first-order valence-corrected chi connectivity index (χ1v) is 13.1. The third-order valence-electron chi connectivity index (χ3n) is 5.55. The summed E-state index contributed by atoms with van der Waals surface area (Å²) < 4.78 is 30.5. The Morgan fingerprint density at radius 3 is 2.14 bits per heavy atom. The molecule has 0 N–H and O–H groups in total. The summed E-state index contributed by atoms with van der Waals surface area (Å²) in [5, 5.41) is 0.405. The molecule has 186 valence electrons. The van der Waals surface area contributed by atoms with Crippen molar-refractivity contribution in [3.8, 4) is 5.69 Å². The fourth-order valence-corrected chi connectivity index (χ4v) is 5.16. The molecule has 2 heterocycles. The van der Waals surface area contributed by atoms with Crippen LogP contribution in [0.3, 0.4) is 0 Å². The van der Waals surface area contributed by atoms with Crippen LogP contribution in [0.25, 0.3) is 16.6 Å². The van der Waals surface area contributed by atoms with Crippen molar-refractivity contribution in [2.75, 3.05) is 4.31 Å². The SMILES string of the molecule is C/C=C\C.C=C(CC)N(c1cc(=O)c2cnc(C)cc2n1-c1ccccc1)S(=O)(=O)c1ccccc1. The summed E-state index contributed by atoms with van der Waals surface area (Å²) in [5.41, 5.74) is 2.04. The summed E-state index contributed by atoms with van der Waals surface area (Å²) in [6, 6.07) is 20.6. The van der Waals surface area contributed by atoms with Crippen molar-refractivity contribution in [1.29, 1.82) is 0 Å². The number of sulfonamides is 1. The number of nitrogens with zero attached hydrogens (tertiary/aromatic N) is 3. The number of hydrogen-bond donors (Lipinski definition) is 0. The van der Waals surface area contributed by atoms with Gasteiger partial charge in [0.25, 0.3) is 10.0 Å². The molecule has 2 aromatic heterocycles. The van der Waals surface area contributed by atoms with E-state index in [0.29, 0.717) is 28.7 Å². The molecule has 6 nitrogen and oxygen atoms in total. The van der Waals surface area contributed by atoms with Crippen LogP contribution in [0.4, 0.5) is 5.82 Å². The summed E-state index contributed by atoms with van der Waals surface area (Å²) in [6.07, 6.45) is 5.91. The topological polar surface area (TPSA) is 72.3 Å². The molecule has 0 saturated heterocycles. The van der Waals surface area contributed by atoms with Crippen LogP contribution in [0.15, 0.2) is 113 Å². The number of allylic oxidation sites excluding steroid dienone is 3. The van der Waals surface area contributed by atoms with Gasteiger partial charge in [0.15, 0.2) is 5.43 Å². The molecule has 0 saturated carbocycles. The molecule has 0 spiro atoms. The number of benzene rings is 2.